The van der Waals surface area contributed by atoms with E-state index in [0.29, 0.717) is 0 Å². The Bertz CT molecular complexity index is 372. The molecule has 0 aliphatic heterocycles. The molecule has 82 valence electrons. The summed E-state index contributed by atoms with van der Waals surface area (Å²) in [5, 5.41) is 11.2. The molecule has 0 saturated heterocycles. The highest BCUT2D eigenvalue weighted by molar-refractivity contribution is 5.82. The van der Waals surface area contributed by atoms with Crippen molar-refractivity contribution in [1.29, 1.82) is 0 Å². The number of amides is 1. The van der Waals surface area contributed by atoms with Crippen molar-refractivity contribution >= 4 is 11.9 Å². The highest BCUT2D eigenvalue weighted by Crippen LogP contribution is 2.01. The Balaban J connectivity index is 2.71. The molecule has 15 heavy (non-hydrogen) atoms. The van der Waals surface area contributed by atoms with E-state index in [1.54, 1.807) is 24.1 Å². The normalized spacial score (nSPS) is 12.1. The smallest absolute Gasteiger partial charge is 0.326 e. The summed E-state index contributed by atoms with van der Waals surface area (Å²) in [7, 11) is 1.77. The largest absolute Gasteiger partial charge is 0.480 e. The van der Waals surface area contributed by atoms with Crippen LogP contribution in [0.1, 0.15) is 12.6 Å². The van der Waals surface area contributed by atoms with Crippen LogP contribution in [0.15, 0.2) is 12.5 Å². The van der Waals surface area contributed by atoms with Crippen LogP contribution in [0.2, 0.25) is 0 Å². The van der Waals surface area contributed by atoms with Crippen molar-refractivity contribution in [3.63, 3.8) is 0 Å². The van der Waals surface area contributed by atoms with E-state index < -0.39 is 12.0 Å². The molecule has 0 aliphatic carbocycles. The number of hydrogen-bond donors (Lipinski definition) is 2. The summed E-state index contributed by atoms with van der Waals surface area (Å²) in [6.07, 6.45) is 3.39. The van der Waals surface area contributed by atoms with E-state index in [4.69, 9.17) is 5.11 Å². The number of aromatic nitrogens is 2. The molecule has 6 heteroatoms. The Morgan fingerprint density at radius 1 is 1.67 bits per heavy atom. The van der Waals surface area contributed by atoms with Gasteiger partial charge in [-0.3, -0.25) is 4.79 Å². The highest BCUT2D eigenvalue weighted by Gasteiger charge is 2.19. The second-order valence-corrected chi connectivity index (χ2v) is 3.29. The third-order valence-electron chi connectivity index (χ3n) is 2.01. The maximum Gasteiger partial charge on any atom is 0.326 e. The van der Waals surface area contributed by atoms with Crippen molar-refractivity contribution in [3.8, 4) is 0 Å². The molecule has 1 aromatic heterocycles. The zero-order valence-electron chi connectivity index (χ0n) is 8.60. The second kappa shape index (κ2) is 4.59. The summed E-state index contributed by atoms with van der Waals surface area (Å²) in [5.41, 5.74) is 0.760. The molecule has 2 N–H and O–H groups in total. The number of carboxylic acid groups (broad SMARTS) is 1. The molecule has 0 radical (unpaired) electrons. The second-order valence-electron chi connectivity index (χ2n) is 3.29. The topological polar surface area (TPSA) is 84.2 Å². The maximum atomic E-state index is 10.8. The minimum atomic E-state index is -1.05. The molecule has 0 fully saturated rings. The van der Waals surface area contributed by atoms with Gasteiger partial charge in [-0.25, -0.2) is 9.78 Å². The highest BCUT2D eigenvalue weighted by atomic mass is 16.4. The van der Waals surface area contributed by atoms with Gasteiger partial charge in [-0.1, -0.05) is 0 Å². The molecule has 1 unspecified atom stereocenters. The lowest BCUT2D eigenvalue weighted by Gasteiger charge is -2.12. The lowest BCUT2D eigenvalue weighted by Crippen LogP contribution is -2.41. The van der Waals surface area contributed by atoms with Crippen molar-refractivity contribution in [2.45, 2.75) is 19.4 Å². The van der Waals surface area contributed by atoms with E-state index >= 15 is 0 Å². The zero-order valence-corrected chi connectivity index (χ0v) is 8.60. The molecule has 0 aliphatic rings. The third-order valence-corrected chi connectivity index (χ3v) is 2.01. The predicted octanol–water partition coefficient (Wildman–Crippen LogP) is -0.448. The van der Waals surface area contributed by atoms with Gasteiger partial charge in [0, 0.05) is 32.3 Å². The van der Waals surface area contributed by atoms with Crippen molar-refractivity contribution in [1.82, 2.24) is 14.9 Å². The molecule has 0 spiro atoms. The first-order chi connectivity index (χ1) is 7.00. The van der Waals surface area contributed by atoms with Crippen LogP contribution in [0.4, 0.5) is 0 Å². The summed E-state index contributed by atoms with van der Waals surface area (Å²) in [4.78, 5) is 25.5. The first-order valence-electron chi connectivity index (χ1n) is 4.46. The number of imidazole rings is 1. The molecule has 1 amide bonds. The van der Waals surface area contributed by atoms with Crippen LogP contribution in [-0.4, -0.2) is 32.6 Å². The minimum absolute atomic E-state index is 0.228. The molecule has 1 aromatic rings. The SMILES string of the molecule is CC(=O)NC(Cc1cncn1C)C(=O)O. The number of rotatable bonds is 4. The molecule has 1 heterocycles. The lowest BCUT2D eigenvalue weighted by atomic mass is 10.1. The van der Waals surface area contributed by atoms with E-state index in [1.807, 2.05) is 0 Å². The monoisotopic (exact) mass is 211 g/mol. The molecular formula is C9H13N3O3. The van der Waals surface area contributed by atoms with Gasteiger partial charge in [-0.05, 0) is 0 Å². The predicted molar refractivity (Wildman–Crippen MR) is 52.2 cm³/mol. The van der Waals surface area contributed by atoms with E-state index in [0.717, 1.165) is 5.69 Å². The van der Waals surface area contributed by atoms with Gasteiger partial charge in [0.05, 0.1) is 6.33 Å². The van der Waals surface area contributed by atoms with Gasteiger partial charge in [0.1, 0.15) is 6.04 Å². The Labute approximate surface area is 86.9 Å². The van der Waals surface area contributed by atoms with Gasteiger partial charge in [0.25, 0.3) is 0 Å². The first-order valence-corrected chi connectivity index (χ1v) is 4.46. The quantitative estimate of drug-likeness (QED) is 0.706. The zero-order chi connectivity index (χ0) is 11.4. The number of carboxylic acids is 1. The van der Waals surface area contributed by atoms with Crippen molar-refractivity contribution < 1.29 is 14.7 Å². The van der Waals surface area contributed by atoms with E-state index in [-0.39, 0.29) is 12.3 Å². The van der Waals surface area contributed by atoms with Gasteiger partial charge in [0.15, 0.2) is 0 Å². The van der Waals surface area contributed by atoms with Crippen LogP contribution in [0.25, 0.3) is 0 Å². The molecular weight excluding hydrogens is 198 g/mol. The molecule has 6 nitrogen and oxygen atoms in total. The summed E-state index contributed by atoms with van der Waals surface area (Å²) in [5.74, 6) is -1.41. The summed E-state index contributed by atoms with van der Waals surface area (Å²) in [6, 6.07) is -0.905. The van der Waals surface area contributed by atoms with Gasteiger partial charge >= 0.3 is 5.97 Å². The van der Waals surface area contributed by atoms with Crippen LogP contribution >= 0.6 is 0 Å². The average molecular weight is 211 g/mol. The molecule has 0 saturated carbocycles. The fourth-order valence-electron chi connectivity index (χ4n) is 1.24. The number of nitrogens with zero attached hydrogens (tertiary/aromatic N) is 2. The van der Waals surface area contributed by atoms with Crippen LogP contribution in [0.3, 0.4) is 0 Å². The van der Waals surface area contributed by atoms with Gasteiger partial charge in [-0.15, -0.1) is 0 Å². The third kappa shape index (κ3) is 3.08. The Morgan fingerprint density at radius 3 is 2.73 bits per heavy atom. The molecule has 0 aromatic carbocycles. The van der Waals surface area contributed by atoms with Crippen LogP contribution in [-0.2, 0) is 23.1 Å². The number of carbonyl (C=O) groups excluding carboxylic acids is 1. The number of aryl methyl sites for hydroxylation is 1. The molecule has 0 bridgehead atoms. The van der Waals surface area contributed by atoms with E-state index in [2.05, 4.69) is 10.3 Å². The standard InChI is InChI=1S/C9H13N3O3/c1-6(13)11-8(9(14)15)3-7-4-10-5-12(7)2/h4-5,8H,3H2,1-2H3,(H,11,13)(H,14,15). The van der Waals surface area contributed by atoms with E-state index in [9.17, 15) is 9.59 Å². The fourth-order valence-corrected chi connectivity index (χ4v) is 1.24. The van der Waals surface area contributed by atoms with Crippen LogP contribution in [0, 0.1) is 0 Å². The van der Waals surface area contributed by atoms with Crippen molar-refractivity contribution in [2.24, 2.45) is 7.05 Å². The van der Waals surface area contributed by atoms with Crippen molar-refractivity contribution in [2.75, 3.05) is 0 Å². The van der Waals surface area contributed by atoms with Gasteiger partial charge in [0.2, 0.25) is 5.91 Å². The molecule has 1 rings (SSSR count). The van der Waals surface area contributed by atoms with Gasteiger partial charge < -0.3 is 15.0 Å². The number of aliphatic carboxylic acids is 1. The Hall–Kier alpha value is -1.85. The maximum absolute atomic E-state index is 10.8. The summed E-state index contributed by atoms with van der Waals surface area (Å²) < 4.78 is 1.72. The lowest BCUT2D eigenvalue weighted by molar-refractivity contribution is -0.141. The Kier molecular flexibility index (Phi) is 3.43. The molecule has 1 atom stereocenters. The van der Waals surface area contributed by atoms with Gasteiger partial charge in [-0.2, -0.15) is 0 Å². The van der Waals surface area contributed by atoms with Crippen LogP contribution < -0.4 is 5.32 Å². The number of carbonyl (C=O) groups is 2. The first kappa shape index (κ1) is 11.2. The minimum Gasteiger partial charge on any atom is -0.480 e. The van der Waals surface area contributed by atoms with Crippen molar-refractivity contribution in [3.05, 3.63) is 18.2 Å². The number of hydrogen-bond acceptors (Lipinski definition) is 3. The summed E-state index contributed by atoms with van der Waals surface area (Å²) in [6.45, 7) is 1.29. The number of nitrogens with one attached hydrogen (secondary N) is 1. The average Bonchev–Trinajstić information content (AvgIpc) is 2.50. The fraction of sp³-hybridized carbons (Fsp3) is 0.444. The van der Waals surface area contributed by atoms with Crippen LogP contribution in [0.5, 0.6) is 0 Å². The van der Waals surface area contributed by atoms with E-state index in [1.165, 1.54) is 6.92 Å². The Morgan fingerprint density at radius 2 is 2.33 bits per heavy atom. The summed E-state index contributed by atoms with van der Waals surface area (Å²) >= 11 is 0.